The zero-order chi connectivity index (χ0) is 12.3. The summed E-state index contributed by atoms with van der Waals surface area (Å²) in [6.07, 6.45) is 3.68. The number of carbonyl (C=O) groups is 1. The predicted molar refractivity (Wildman–Crippen MR) is 68.9 cm³/mol. The van der Waals surface area contributed by atoms with Crippen LogP contribution in [0.3, 0.4) is 0 Å². The summed E-state index contributed by atoms with van der Waals surface area (Å²) in [4.78, 5) is 14.6. The number of fused-ring (bicyclic) bond motifs is 1. The van der Waals surface area contributed by atoms with E-state index in [1.807, 2.05) is 6.92 Å². The Hall–Kier alpha value is -0.610. The summed E-state index contributed by atoms with van der Waals surface area (Å²) in [6, 6.07) is 1.01. The summed E-state index contributed by atoms with van der Waals surface area (Å²) in [7, 11) is 0. The molecule has 0 bridgehead atoms. The number of nitrogens with zero attached hydrogens (tertiary/aromatic N) is 1. The van der Waals surface area contributed by atoms with E-state index in [1.165, 1.54) is 19.4 Å². The van der Waals surface area contributed by atoms with Crippen molar-refractivity contribution < 1.29 is 4.79 Å². The van der Waals surface area contributed by atoms with Crippen LogP contribution in [-0.4, -0.2) is 49.1 Å². The van der Waals surface area contributed by atoms with Crippen molar-refractivity contribution in [3.8, 4) is 0 Å². The molecule has 2 fully saturated rings. The highest BCUT2D eigenvalue weighted by Crippen LogP contribution is 2.27. The van der Waals surface area contributed by atoms with E-state index in [9.17, 15) is 4.79 Å². The molecule has 2 aliphatic heterocycles. The molecule has 3 unspecified atom stereocenters. The molecule has 1 amide bonds. The average Bonchev–Trinajstić information content (AvgIpc) is 2.90. The third-order valence-electron chi connectivity index (χ3n) is 4.08. The molecular weight excluding hydrogens is 214 g/mol. The Labute approximate surface area is 104 Å². The second kappa shape index (κ2) is 5.83. The third-order valence-corrected chi connectivity index (χ3v) is 4.08. The van der Waals surface area contributed by atoms with E-state index in [0.717, 1.165) is 26.1 Å². The molecule has 2 N–H and O–H groups in total. The lowest BCUT2D eigenvalue weighted by Gasteiger charge is -2.23. The van der Waals surface area contributed by atoms with Crippen molar-refractivity contribution in [2.75, 3.05) is 26.2 Å². The van der Waals surface area contributed by atoms with Gasteiger partial charge in [0.25, 0.3) is 0 Å². The van der Waals surface area contributed by atoms with Crippen LogP contribution < -0.4 is 10.6 Å². The van der Waals surface area contributed by atoms with Crippen LogP contribution in [0, 0.1) is 5.92 Å². The SMILES string of the molecule is CCNCC(C)C(=O)NC1CCN2CCCC12. The highest BCUT2D eigenvalue weighted by molar-refractivity contribution is 5.78. The summed E-state index contributed by atoms with van der Waals surface area (Å²) in [5.74, 6) is 0.287. The molecule has 0 saturated carbocycles. The summed E-state index contributed by atoms with van der Waals surface area (Å²) in [5, 5.41) is 6.47. The van der Waals surface area contributed by atoms with Crippen LogP contribution in [0.2, 0.25) is 0 Å². The van der Waals surface area contributed by atoms with Gasteiger partial charge in [-0.2, -0.15) is 0 Å². The third kappa shape index (κ3) is 2.99. The molecule has 2 saturated heterocycles. The molecule has 0 aromatic rings. The van der Waals surface area contributed by atoms with E-state index in [1.54, 1.807) is 0 Å². The number of carbonyl (C=O) groups excluding carboxylic acids is 1. The quantitative estimate of drug-likeness (QED) is 0.738. The lowest BCUT2D eigenvalue weighted by atomic mass is 10.0. The Morgan fingerprint density at radius 3 is 3.00 bits per heavy atom. The van der Waals surface area contributed by atoms with Crippen LogP contribution in [0.5, 0.6) is 0 Å². The smallest absolute Gasteiger partial charge is 0.224 e. The summed E-state index contributed by atoms with van der Waals surface area (Å²) in [5.41, 5.74) is 0. The lowest BCUT2D eigenvalue weighted by molar-refractivity contribution is -0.125. The van der Waals surface area contributed by atoms with Crippen molar-refractivity contribution in [2.45, 2.75) is 45.2 Å². The van der Waals surface area contributed by atoms with Gasteiger partial charge in [0.2, 0.25) is 5.91 Å². The Bertz CT molecular complexity index is 269. The summed E-state index contributed by atoms with van der Waals surface area (Å²) in [6.45, 7) is 8.17. The van der Waals surface area contributed by atoms with Gasteiger partial charge >= 0.3 is 0 Å². The number of hydrogen-bond acceptors (Lipinski definition) is 3. The first kappa shape index (κ1) is 12.8. The van der Waals surface area contributed by atoms with Crippen LogP contribution in [0.1, 0.15) is 33.1 Å². The second-order valence-corrected chi connectivity index (χ2v) is 5.36. The van der Waals surface area contributed by atoms with Crippen molar-refractivity contribution in [1.82, 2.24) is 15.5 Å². The van der Waals surface area contributed by atoms with Crippen molar-refractivity contribution in [3.05, 3.63) is 0 Å². The van der Waals surface area contributed by atoms with Gasteiger partial charge < -0.3 is 10.6 Å². The van der Waals surface area contributed by atoms with Crippen molar-refractivity contribution >= 4 is 5.91 Å². The van der Waals surface area contributed by atoms with Gasteiger partial charge in [-0.05, 0) is 32.4 Å². The molecule has 2 rings (SSSR count). The molecule has 0 radical (unpaired) electrons. The molecule has 4 nitrogen and oxygen atoms in total. The first-order valence-corrected chi connectivity index (χ1v) is 6.97. The molecule has 0 aliphatic carbocycles. The molecule has 4 heteroatoms. The summed E-state index contributed by atoms with van der Waals surface area (Å²) < 4.78 is 0. The maximum atomic E-state index is 12.0. The normalized spacial score (nSPS) is 30.2. The van der Waals surface area contributed by atoms with Gasteiger partial charge in [-0.25, -0.2) is 0 Å². The largest absolute Gasteiger partial charge is 0.351 e. The van der Waals surface area contributed by atoms with E-state index in [2.05, 4.69) is 22.5 Å². The fraction of sp³-hybridized carbons (Fsp3) is 0.923. The number of amides is 1. The zero-order valence-electron chi connectivity index (χ0n) is 11.0. The van der Waals surface area contributed by atoms with E-state index in [-0.39, 0.29) is 11.8 Å². The predicted octanol–water partition coefficient (Wildman–Crippen LogP) is 0.585. The maximum absolute atomic E-state index is 12.0. The van der Waals surface area contributed by atoms with E-state index < -0.39 is 0 Å². The number of rotatable bonds is 5. The molecule has 0 aromatic carbocycles. The molecule has 98 valence electrons. The standard InChI is InChI=1S/C13H25N3O/c1-3-14-9-10(2)13(17)15-11-6-8-16-7-4-5-12(11)16/h10-12,14H,3-9H2,1-2H3,(H,15,17). The van der Waals surface area contributed by atoms with Crippen LogP contribution >= 0.6 is 0 Å². The van der Waals surface area contributed by atoms with Crippen LogP contribution in [0.25, 0.3) is 0 Å². The van der Waals surface area contributed by atoms with Gasteiger partial charge in [-0.15, -0.1) is 0 Å². The average molecular weight is 239 g/mol. The van der Waals surface area contributed by atoms with Gasteiger partial charge in [0.05, 0.1) is 0 Å². The fourth-order valence-corrected chi connectivity index (χ4v) is 3.03. The van der Waals surface area contributed by atoms with Crippen LogP contribution in [0.4, 0.5) is 0 Å². The van der Waals surface area contributed by atoms with Crippen LogP contribution in [-0.2, 0) is 4.79 Å². The molecule has 2 heterocycles. The van der Waals surface area contributed by atoms with E-state index in [0.29, 0.717) is 12.1 Å². The molecule has 3 atom stereocenters. The Balaban J connectivity index is 1.78. The minimum Gasteiger partial charge on any atom is -0.351 e. The topological polar surface area (TPSA) is 44.4 Å². The van der Waals surface area contributed by atoms with E-state index >= 15 is 0 Å². The molecular formula is C13H25N3O. The Kier molecular flexibility index (Phi) is 4.40. The van der Waals surface area contributed by atoms with Crippen molar-refractivity contribution in [1.29, 1.82) is 0 Å². The summed E-state index contributed by atoms with van der Waals surface area (Å²) >= 11 is 0. The zero-order valence-corrected chi connectivity index (χ0v) is 11.0. The van der Waals surface area contributed by atoms with Gasteiger partial charge in [0.15, 0.2) is 0 Å². The van der Waals surface area contributed by atoms with Gasteiger partial charge in [0, 0.05) is 31.1 Å². The van der Waals surface area contributed by atoms with Crippen LogP contribution in [0.15, 0.2) is 0 Å². The second-order valence-electron chi connectivity index (χ2n) is 5.36. The maximum Gasteiger partial charge on any atom is 0.224 e. The minimum atomic E-state index is 0.0744. The Morgan fingerprint density at radius 2 is 2.24 bits per heavy atom. The highest BCUT2D eigenvalue weighted by Gasteiger charge is 2.38. The monoisotopic (exact) mass is 239 g/mol. The number of nitrogens with one attached hydrogen (secondary N) is 2. The first-order valence-electron chi connectivity index (χ1n) is 6.97. The van der Waals surface area contributed by atoms with Gasteiger partial charge in [-0.3, -0.25) is 9.69 Å². The van der Waals surface area contributed by atoms with Crippen molar-refractivity contribution in [2.24, 2.45) is 5.92 Å². The highest BCUT2D eigenvalue weighted by atomic mass is 16.2. The van der Waals surface area contributed by atoms with E-state index in [4.69, 9.17) is 0 Å². The van der Waals surface area contributed by atoms with Crippen molar-refractivity contribution in [3.63, 3.8) is 0 Å². The molecule has 17 heavy (non-hydrogen) atoms. The Morgan fingerprint density at radius 1 is 1.41 bits per heavy atom. The molecule has 0 aromatic heterocycles. The minimum absolute atomic E-state index is 0.0744. The fourth-order valence-electron chi connectivity index (χ4n) is 3.03. The lowest BCUT2D eigenvalue weighted by Crippen LogP contribution is -2.45. The number of hydrogen-bond donors (Lipinski definition) is 2. The molecule has 0 spiro atoms. The first-order chi connectivity index (χ1) is 8.22. The molecule has 2 aliphatic rings. The van der Waals surface area contributed by atoms with Gasteiger partial charge in [0.1, 0.15) is 0 Å². The van der Waals surface area contributed by atoms with Gasteiger partial charge in [-0.1, -0.05) is 13.8 Å².